The third-order valence-electron chi connectivity index (χ3n) is 2.33. The molecular formula is C10H10Cl2F5NO. The van der Waals surface area contributed by atoms with Crippen molar-refractivity contribution in [3.05, 3.63) is 34.3 Å². The molecular weight excluding hydrogens is 316 g/mol. The van der Waals surface area contributed by atoms with Gasteiger partial charge in [0.15, 0.2) is 0 Å². The zero-order valence-electron chi connectivity index (χ0n) is 9.22. The summed E-state index contributed by atoms with van der Waals surface area (Å²) in [6, 6.07) is 0.441. The van der Waals surface area contributed by atoms with Crippen LogP contribution in [0.25, 0.3) is 0 Å². The van der Waals surface area contributed by atoms with Crippen molar-refractivity contribution in [2.24, 2.45) is 5.73 Å². The third-order valence-corrected chi connectivity index (χ3v) is 2.76. The lowest BCUT2D eigenvalue weighted by atomic mass is 9.99. The number of hydrogen-bond donors (Lipinski definition) is 2. The van der Waals surface area contributed by atoms with E-state index in [2.05, 4.69) is 0 Å². The summed E-state index contributed by atoms with van der Waals surface area (Å²) in [5, 5.41) is 7.57. The molecule has 0 radical (unpaired) electrons. The first-order chi connectivity index (χ1) is 8.11. The van der Waals surface area contributed by atoms with Gasteiger partial charge in [-0.1, -0.05) is 23.7 Å². The second-order valence-corrected chi connectivity index (χ2v) is 3.98. The minimum atomic E-state index is -4.76. The maximum atomic E-state index is 13.1. The maximum Gasteiger partial charge on any atom is 0.417 e. The van der Waals surface area contributed by atoms with Crippen molar-refractivity contribution in [3.63, 3.8) is 0 Å². The summed E-state index contributed by atoms with van der Waals surface area (Å²) in [6.07, 6.45) is -4.76. The van der Waals surface area contributed by atoms with Gasteiger partial charge in [-0.05, 0) is 11.6 Å². The summed E-state index contributed by atoms with van der Waals surface area (Å²) in [6.45, 7) is -1.58. The molecule has 1 aromatic carbocycles. The molecule has 1 atom stereocenters. The number of rotatable bonds is 3. The highest BCUT2D eigenvalue weighted by molar-refractivity contribution is 6.32. The van der Waals surface area contributed by atoms with Crippen LogP contribution in [0.4, 0.5) is 22.0 Å². The van der Waals surface area contributed by atoms with Crippen molar-refractivity contribution in [1.82, 2.24) is 0 Å². The molecule has 9 heteroatoms. The Kier molecular flexibility index (Phi) is 6.01. The molecule has 0 aliphatic rings. The molecule has 0 spiro atoms. The molecule has 19 heavy (non-hydrogen) atoms. The molecule has 0 aliphatic carbocycles. The van der Waals surface area contributed by atoms with Crippen LogP contribution in [0.5, 0.6) is 0 Å². The molecule has 3 N–H and O–H groups in total. The van der Waals surface area contributed by atoms with E-state index in [1.165, 1.54) is 0 Å². The molecule has 0 fully saturated rings. The lowest BCUT2D eigenvalue weighted by molar-refractivity contribution is -0.137. The number of benzene rings is 1. The Bertz CT molecular complexity index is 438. The van der Waals surface area contributed by atoms with E-state index in [0.29, 0.717) is 6.07 Å². The van der Waals surface area contributed by atoms with E-state index in [9.17, 15) is 22.0 Å². The Morgan fingerprint density at radius 2 is 1.74 bits per heavy atom. The Labute approximate surface area is 116 Å². The first-order valence-corrected chi connectivity index (χ1v) is 5.09. The topological polar surface area (TPSA) is 46.2 Å². The predicted molar refractivity (Wildman–Crippen MR) is 62.7 cm³/mol. The Hall–Kier alpha value is -0.630. The van der Waals surface area contributed by atoms with Gasteiger partial charge in [-0.3, -0.25) is 0 Å². The van der Waals surface area contributed by atoms with Gasteiger partial charge in [0.25, 0.3) is 5.92 Å². The first-order valence-electron chi connectivity index (χ1n) is 4.71. The van der Waals surface area contributed by atoms with Crippen LogP contribution in [-0.2, 0) is 6.18 Å². The highest BCUT2D eigenvalue weighted by atomic mass is 35.5. The Balaban J connectivity index is 0.00000324. The molecule has 0 saturated carbocycles. The minimum absolute atomic E-state index is 0. The predicted octanol–water partition coefficient (Wildman–Crippen LogP) is 3.41. The van der Waals surface area contributed by atoms with E-state index in [4.69, 9.17) is 22.4 Å². The molecule has 1 aromatic rings. The molecule has 1 rings (SSSR count). The van der Waals surface area contributed by atoms with Crippen molar-refractivity contribution < 1.29 is 27.1 Å². The van der Waals surface area contributed by atoms with Crippen LogP contribution >= 0.6 is 24.0 Å². The second kappa shape index (κ2) is 6.21. The van der Waals surface area contributed by atoms with Crippen LogP contribution in [0, 0.1) is 0 Å². The van der Waals surface area contributed by atoms with Gasteiger partial charge in [0.05, 0.1) is 16.6 Å². The van der Waals surface area contributed by atoms with E-state index in [-0.39, 0.29) is 12.4 Å². The number of halogens is 7. The SMILES string of the molecule is Cl.N[C@H](c1cccc(C(F)(F)F)c1Cl)C(F)(F)CO. The zero-order chi connectivity index (χ0) is 14.1. The van der Waals surface area contributed by atoms with Crippen molar-refractivity contribution in [1.29, 1.82) is 0 Å². The molecule has 0 amide bonds. The molecule has 0 unspecified atom stereocenters. The normalized spacial score (nSPS) is 13.9. The summed E-state index contributed by atoms with van der Waals surface area (Å²) in [7, 11) is 0. The van der Waals surface area contributed by atoms with Crippen LogP contribution in [-0.4, -0.2) is 17.6 Å². The average Bonchev–Trinajstić information content (AvgIpc) is 2.27. The second-order valence-electron chi connectivity index (χ2n) is 3.60. The van der Waals surface area contributed by atoms with Crippen LogP contribution in [0.15, 0.2) is 18.2 Å². The summed E-state index contributed by atoms with van der Waals surface area (Å²) in [5.41, 5.74) is 3.33. The average molecular weight is 326 g/mol. The molecule has 0 aromatic heterocycles. The third kappa shape index (κ3) is 3.92. The summed E-state index contributed by atoms with van der Waals surface area (Å²) in [5.74, 6) is -3.76. The van der Waals surface area contributed by atoms with Gasteiger partial charge in [-0.2, -0.15) is 13.2 Å². The van der Waals surface area contributed by atoms with Crippen LogP contribution < -0.4 is 5.73 Å². The zero-order valence-corrected chi connectivity index (χ0v) is 10.8. The molecule has 110 valence electrons. The van der Waals surface area contributed by atoms with E-state index < -0.39 is 40.9 Å². The number of nitrogens with two attached hydrogens (primary N) is 1. The fraction of sp³-hybridized carbons (Fsp3) is 0.400. The van der Waals surface area contributed by atoms with Crippen molar-refractivity contribution in [3.8, 4) is 0 Å². The van der Waals surface area contributed by atoms with Crippen LogP contribution in [0.2, 0.25) is 5.02 Å². The van der Waals surface area contributed by atoms with Crippen molar-refractivity contribution in [2.45, 2.75) is 18.1 Å². The lowest BCUT2D eigenvalue weighted by Crippen LogP contribution is -2.36. The highest BCUT2D eigenvalue weighted by Crippen LogP contribution is 2.40. The standard InChI is InChI=1S/C10H9ClF5NO.ClH/c11-7-5(8(17)9(12,13)4-18)2-1-3-6(7)10(14,15)16;/h1-3,8,18H,4,17H2;1H/t8-;/m1./s1. The first kappa shape index (κ1) is 18.4. The smallest absolute Gasteiger partial charge is 0.390 e. The van der Waals surface area contributed by atoms with Crippen molar-refractivity contribution in [2.75, 3.05) is 6.61 Å². The Morgan fingerprint density at radius 1 is 1.21 bits per heavy atom. The monoisotopic (exact) mass is 325 g/mol. The largest absolute Gasteiger partial charge is 0.417 e. The fourth-order valence-electron chi connectivity index (χ4n) is 1.33. The van der Waals surface area contributed by atoms with Crippen LogP contribution in [0.1, 0.15) is 17.2 Å². The Morgan fingerprint density at radius 3 is 2.16 bits per heavy atom. The van der Waals surface area contributed by atoms with Gasteiger partial charge >= 0.3 is 6.18 Å². The highest BCUT2D eigenvalue weighted by Gasteiger charge is 2.41. The number of hydrogen-bond acceptors (Lipinski definition) is 2. The summed E-state index contributed by atoms with van der Waals surface area (Å²) >= 11 is 5.44. The fourth-order valence-corrected chi connectivity index (χ4v) is 1.69. The molecule has 0 heterocycles. The van der Waals surface area contributed by atoms with Crippen molar-refractivity contribution >= 4 is 24.0 Å². The van der Waals surface area contributed by atoms with Gasteiger partial charge in [-0.25, -0.2) is 8.78 Å². The lowest BCUT2D eigenvalue weighted by Gasteiger charge is -2.23. The van der Waals surface area contributed by atoms with E-state index in [1.54, 1.807) is 0 Å². The van der Waals surface area contributed by atoms with E-state index >= 15 is 0 Å². The molecule has 2 nitrogen and oxygen atoms in total. The van der Waals surface area contributed by atoms with Gasteiger partial charge in [0.2, 0.25) is 0 Å². The van der Waals surface area contributed by atoms with E-state index in [1.807, 2.05) is 0 Å². The number of aliphatic hydroxyl groups excluding tert-OH is 1. The van der Waals surface area contributed by atoms with Gasteiger partial charge in [0.1, 0.15) is 6.61 Å². The maximum absolute atomic E-state index is 13.1. The van der Waals surface area contributed by atoms with Gasteiger partial charge < -0.3 is 10.8 Å². The van der Waals surface area contributed by atoms with Gasteiger partial charge in [-0.15, -0.1) is 12.4 Å². The molecule has 0 bridgehead atoms. The van der Waals surface area contributed by atoms with Gasteiger partial charge in [0, 0.05) is 0 Å². The quantitative estimate of drug-likeness (QED) is 0.836. The summed E-state index contributed by atoms with van der Waals surface area (Å²) < 4.78 is 63.8. The van der Waals surface area contributed by atoms with E-state index in [0.717, 1.165) is 12.1 Å². The summed E-state index contributed by atoms with van der Waals surface area (Å²) in [4.78, 5) is 0. The number of alkyl halides is 5. The minimum Gasteiger partial charge on any atom is -0.390 e. The van der Waals surface area contributed by atoms with Crippen LogP contribution in [0.3, 0.4) is 0 Å². The number of aliphatic hydroxyl groups is 1. The molecule has 0 aliphatic heterocycles. The molecule has 0 saturated heterocycles.